The molecule has 0 fully saturated rings. The number of hydrogen-bond acceptors (Lipinski definition) is 6. The molecule has 7 nitrogen and oxygen atoms in total. The summed E-state index contributed by atoms with van der Waals surface area (Å²) in [6.45, 7) is 1.28. The third kappa shape index (κ3) is 7.14. The Morgan fingerprint density at radius 1 is 1.06 bits per heavy atom. The number of esters is 1. The van der Waals surface area contributed by atoms with Crippen molar-refractivity contribution in [2.24, 2.45) is 0 Å². The molecule has 3 rings (SSSR count). The highest BCUT2D eigenvalue weighted by atomic mass is 32.1. The van der Waals surface area contributed by atoms with Crippen LogP contribution in [0.4, 0.5) is 18.9 Å². The first-order chi connectivity index (χ1) is 16.1. The minimum absolute atomic E-state index is 0.0195. The predicted molar refractivity (Wildman–Crippen MR) is 119 cm³/mol. The van der Waals surface area contributed by atoms with Gasteiger partial charge in [-0.2, -0.15) is 13.2 Å². The van der Waals surface area contributed by atoms with Crippen molar-refractivity contribution >= 4 is 34.8 Å². The third-order valence-corrected chi connectivity index (χ3v) is 5.48. The fraction of sp³-hybridized carbons (Fsp3) is 0.217. The summed E-state index contributed by atoms with van der Waals surface area (Å²) < 4.78 is 42.8. The second-order valence-electron chi connectivity index (χ2n) is 7.19. The lowest BCUT2D eigenvalue weighted by Crippen LogP contribution is -2.30. The highest BCUT2D eigenvalue weighted by molar-refractivity contribution is 7.09. The average molecular weight is 491 g/mol. The third-order valence-electron chi connectivity index (χ3n) is 4.58. The zero-order valence-corrected chi connectivity index (χ0v) is 18.8. The Bertz CT molecular complexity index is 1180. The van der Waals surface area contributed by atoms with Gasteiger partial charge in [0.2, 0.25) is 5.91 Å². The number of halogens is 3. The van der Waals surface area contributed by atoms with Gasteiger partial charge in [-0.3, -0.25) is 14.4 Å². The number of thiazole rings is 1. The molecule has 3 aromatic rings. The SMILES string of the molecule is Cc1ccccc1NC(=O)Cc1nc(COC(=O)CNC(=O)c2ccc(C(F)(F)F)cc2)cs1. The van der Waals surface area contributed by atoms with Gasteiger partial charge in [-0.25, -0.2) is 4.98 Å². The molecule has 178 valence electrons. The van der Waals surface area contributed by atoms with Crippen molar-refractivity contribution in [3.63, 3.8) is 0 Å². The van der Waals surface area contributed by atoms with E-state index in [2.05, 4.69) is 15.6 Å². The number of carbonyl (C=O) groups is 3. The van der Waals surface area contributed by atoms with Crippen LogP contribution in [0.15, 0.2) is 53.9 Å². The molecular weight excluding hydrogens is 471 g/mol. The normalized spacial score (nSPS) is 11.1. The van der Waals surface area contributed by atoms with Crippen LogP contribution in [0.25, 0.3) is 0 Å². The second kappa shape index (κ2) is 10.9. The molecule has 2 amide bonds. The molecule has 0 bridgehead atoms. The summed E-state index contributed by atoms with van der Waals surface area (Å²) in [4.78, 5) is 40.4. The fourth-order valence-corrected chi connectivity index (χ4v) is 3.59. The second-order valence-corrected chi connectivity index (χ2v) is 8.13. The predicted octanol–water partition coefficient (Wildman–Crippen LogP) is 4.12. The summed E-state index contributed by atoms with van der Waals surface area (Å²) in [5, 5.41) is 7.31. The molecule has 0 aliphatic heterocycles. The van der Waals surface area contributed by atoms with E-state index in [4.69, 9.17) is 4.74 Å². The van der Waals surface area contributed by atoms with Gasteiger partial charge in [0.25, 0.3) is 5.91 Å². The standard InChI is InChI=1S/C23H20F3N3O4S/c1-14-4-2-3-5-18(14)29-19(30)10-20-28-17(13-34-20)12-33-21(31)11-27-22(32)15-6-8-16(9-7-15)23(24,25)26/h2-9,13H,10-12H2,1H3,(H,27,32)(H,29,30). The van der Waals surface area contributed by atoms with Crippen molar-refractivity contribution in [1.82, 2.24) is 10.3 Å². The first-order valence-electron chi connectivity index (χ1n) is 10.0. The summed E-state index contributed by atoms with van der Waals surface area (Å²) in [5.41, 5.74) is 1.21. The van der Waals surface area contributed by atoms with Crippen LogP contribution in [-0.2, 0) is 33.5 Å². The topological polar surface area (TPSA) is 97.4 Å². The van der Waals surface area contributed by atoms with Gasteiger partial charge in [-0.05, 0) is 42.8 Å². The Kier molecular flexibility index (Phi) is 8.00. The number of benzene rings is 2. The fourth-order valence-electron chi connectivity index (χ4n) is 2.81. The number of carbonyl (C=O) groups excluding carboxylic acids is 3. The van der Waals surface area contributed by atoms with Crippen LogP contribution in [0.1, 0.15) is 32.2 Å². The number of ether oxygens (including phenoxy) is 1. The molecule has 1 heterocycles. The van der Waals surface area contributed by atoms with Crippen molar-refractivity contribution in [2.45, 2.75) is 26.1 Å². The van der Waals surface area contributed by atoms with Gasteiger partial charge >= 0.3 is 12.1 Å². The molecular formula is C23H20F3N3O4S. The number of nitrogens with zero attached hydrogens (tertiary/aromatic N) is 1. The van der Waals surface area contributed by atoms with Crippen LogP contribution in [0, 0.1) is 6.92 Å². The Hall–Kier alpha value is -3.73. The Morgan fingerprint density at radius 3 is 2.44 bits per heavy atom. The minimum Gasteiger partial charge on any atom is -0.458 e. The van der Waals surface area contributed by atoms with Crippen LogP contribution < -0.4 is 10.6 Å². The van der Waals surface area contributed by atoms with Gasteiger partial charge in [-0.1, -0.05) is 18.2 Å². The van der Waals surface area contributed by atoms with Crippen molar-refractivity contribution in [3.05, 3.63) is 81.3 Å². The van der Waals surface area contributed by atoms with Crippen LogP contribution in [0.5, 0.6) is 0 Å². The Labute approximate surface area is 197 Å². The maximum atomic E-state index is 12.6. The summed E-state index contributed by atoms with van der Waals surface area (Å²) in [6, 6.07) is 11.0. The van der Waals surface area contributed by atoms with Crippen LogP contribution in [-0.4, -0.2) is 29.3 Å². The lowest BCUT2D eigenvalue weighted by atomic mass is 10.1. The molecule has 0 radical (unpaired) electrons. The van der Waals surface area contributed by atoms with E-state index in [0.717, 1.165) is 35.5 Å². The van der Waals surface area contributed by atoms with Crippen molar-refractivity contribution in [1.29, 1.82) is 0 Å². The largest absolute Gasteiger partial charge is 0.458 e. The molecule has 2 N–H and O–H groups in total. The quantitative estimate of drug-likeness (QED) is 0.462. The van der Waals surface area contributed by atoms with Gasteiger partial charge < -0.3 is 15.4 Å². The van der Waals surface area contributed by atoms with Crippen molar-refractivity contribution < 1.29 is 32.3 Å². The first kappa shape index (κ1) is 24.9. The smallest absolute Gasteiger partial charge is 0.416 e. The van der Waals surface area contributed by atoms with E-state index in [1.165, 1.54) is 11.3 Å². The van der Waals surface area contributed by atoms with E-state index in [0.29, 0.717) is 10.7 Å². The van der Waals surface area contributed by atoms with E-state index in [1.54, 1.807) is 11.4 Å². The summed E-state index contributed by atoms with van der Waals surface area (Å²) in [7, 11) is 0. The molecule has 11 heteroatoms. The zero-order chi connectivity index (χ0) is 24.7. The minimum atomic E-state index is -4.50. The molecule has 1 aromatic heterocycles. The van der Waals surface area contributed by atoms with Crippen molar-refractivity contribution in [3.8, 4) is 0 Å². The van der Waals surface area contributed by atoms with E-state index in [9.17, 15) is 27.6 Å². The average Bonchev–Trinajstić information content (AvgIpc) is 3.24. The number of aryl methyl sites for hydroxylation is 1. The number of alkyl halides is 3. The number of hydrogen-bond donors (Lipinski definition) is 2. The lowest BCUT2D eigenvalue weighted by Gasteiger charge is -2.08. The maximum Gasteiger partial charge on any atom is 0.416 e. The van der Waals surface area contributed by atoms with Gasteiger partial charge in [0.15, 0.2) is 0 Å². The van der Waals surface area contributed by atoms with Gasteiger partial charge in [0.1, 0.15) is 18.2 Å². The molecule has 0 saturated heterocycles. The molecule has 0 aliphatic carbocycles. The summed E-state index contributed by atoms with van der Waals surface area (Å²) in [6.07, 6.45) is -4.44. The van der Waals surface area contributed by atoms with Crippen LogP contribution >= 0.6 is 11.3 Å². The molecule has 0 aliphatic rings. The molecule has 0 saturated carbocycles. The van der Waals surface area contributed by atoms with Crippen LogP contribution in [0.3, 0.4) is 0 Å². The molecule has 0 atom stereocenters. The van der Waals surface area contributed by atoms with E-state index in [-0.39, 0.29) is 24.5 Å². The van der Waals surface area contributed by atoms with Gasteiger partial charge in [-0.15, -0.1) is 11.3 Å². The number of para-hydroxylation sites is 1. The van der Waals surface area contributed by atoms with E-state index < -0.39 is 30.2 Å². The van der Waals surface area contributed by atoms with Crippen LogP contribution in [0.2, 0.25) is 0 Å². The number of nitrogens with one attached hydrogen (secondary N) is 2. The van der Waals surface area contributed by atoms with E-state index in [1.807, 2.05) is 25.1 Å². The number of rotatable bonds is 8. The Balaban J connectivity index is 1.42. The van der Waals surface area contributed by atoms with Gasteiger partial charge in [0, 0.05) is 16.6 Å². The lowest BCUT2D eigenvalue weighted by molar-refractivity contribution is -0.143. The van der Waals surface area contributed by atoms with E-state index >= 15 is 0 Å². The molecule has 2 aromatic carbocycles. The number of amides is 2. The Morgan fingerprint density at radius 2 is 1.76 bits per heavy atom. The highest BCUT2D eigenvalue weighted by Crippen LogP contribution is 2.29. The highest BCUT2D eigenvalue weighted by Gasteiger charge is 2.30. The maximum absolute atomic E-state index is 12.6. The number of aromatic nitrogens is 1. The molecule has 0 unspecified atom stereocenters. The monoisotopic (exact) mass is 491 g/mol. The molecule has 0 spiro atoms. The van der Waals surface area contributed by atoms with Gasteiger partial charge in [0.05, 0.1) is 17.7 Å². The van der Waals surface area contributed by atoms with Crippen molar-refractivity contribution in [2.75, 3.05) is 11.9 Å². The molecule has 34 heavy (non-hydrogen) atoms. The first-order valence-corrected chi connectivity index (χ1v) is 10.9. The number of anilines is 1. The summed E-state index contributed by atoms with van der Waals surface area (Å²) >= 11 is 1.25. The zero-order valence-electron chi connectivity index (χ0n) is 17.9. The summed E-state index contributed by atoms with van der Waals surface area (Å²) in [5.74, 6) is -1.67.